The third kappa shape index (κ3) is 3.21. The molecule has 18 heavy (non-hydrogen) atoms. The Morgan fingerprint density at radius 1 is 1.22 bits per heavy atom. The normalized spacial score (nSPS) is 22.2. The second kappa shape index (κ2) is 5.84. The summed E-state index contributed by atoms with van der Waals surface area (Å²) in [5.74, 6) is 1.96. The van der Waals surface area contributed by atoms with E-state index in [2.05, 4.69) is 39.4 Å². The first kappa shape index (κ1) is 12.9. The van der Waals surface area contributed by atoms with E-state index in [9.17, 15) is 0 Å². The minimum Gasteiger partial charge on any atom is -0.467 e. The summed E-state index contributed by atoms with van der Waals surface area (Å²) in [6.45, 7) is 5.19. The summed E-state index contributed by atoms with van der Waals surface area (Å²) in [4.78, 5) is 12.7. The van der Waals surface area contributed by atoms with Crippen LogP contribution < -0.4 is 15.4 Å². The van der Waals surface area contributed by atoms with Gasteiger partial charge in [-0.1, -0.05) is 13.8 Å². The first-order valence-corrected chi connectivity index (χ1v) is 6.51. The van der Waals surface area contributed by atoms with Crippen LogP contribution in [0.4, 0.5) is 11.9 Å². The molecular formula is C12H21N5O. The highest BCUT2D eigenvalue weighted by molar-refractivity contribution is 5.37. The standard InChI is InChI=1S/C12H21N5O/c1-4-5-13-10-15-11(17-12(16-10)18-3)14-9-6-8(2)7-9/h8-9H,4-7H2,1-3H3,(H2,13,14,15,16,17). The van der Waals surface area contributed by atoms with Gasteiger partial charge in [-0.15, -0.1) is 0 Å². The Kier molecular flexibility index (Phi) is 4.17. The van der Waals surface area contributed by atoms with Crippen LogP contribution in [0.5, 0.6) is 6.01 Å². The Balaban J connectivity index is 2.03. The van der Waals surface area contributed by atoms with E-state index < -0.39 is 0 Å². The highest BCUT2D eigenvalue weighted by Gasteiger charge is 2.26. The van der Waals surface area contributed by atoms with E-state index in [4.69, 9.17) is 4.74 Å². The molecule has 100 valence electrons. The molecule has 2 N–H and O–H groups in total. The zero-order valence-corrected chi connectivity index (χ0v) is 11.2. The lowest BCUT2D eigenvalue weighted by atomic mass is 9.82. The Hall–Kier alpha value is -1.59. The van der Waals surface area contributed by atoms with Crippen LogP contribution in [0, 0.1) is 5.92 Å². The van der Waals surface area contributed by atoms with Crippen molar-refractivity contribution in [2.24, 2.45) is 5.92 Å². The van der Waals surface area contributed by atoms with Gasteiger partial charge in [0.05, 0.1) is 7.11 Å². The van der Waals surface area contributed by atoms with E-state index in [1.165, 1.54) is 12.8 Å². The van der Waals surface area contributed by atoms with Crippen LogP contribution in [-0.4, -0.2) is 34.6 Å². The van der Waals surface area contributed by atoms with Gasteiger partial charge in [-0.3, -0.25) is 0 Å². The number of aromatic nitrogens is 3. The summed E-state index contributed by atoms with van der Waals surface area (Å²) in [6.07, 6.45) is 3.37. The van der Waals surface area contributed by atoms with E-state index in [0.717, 1.165) is 18.9 Å². The second-order valence-corrected chi connectivity index (χ2v) is 4.81. The molecule has 0 atom stereocenters. The van der Waals surface area contributed by atoms with Crippen molar-refractivity contribution in [3.05, 3.63) is 0 Å². The lowest BCUT2D eigenvalue weighted by Crippen LogP contribution is -2.34. The molecule has 0 aromatic carbocycles. The number of nitrogens with one attached hydrogen (secondary N) is 2. The summed E-state index contributed by atoms with van der Waals surface area (Å²) in [7, 11) is 1.56. The van der Waals surface area contributed by atoms with Crippen molar-refractivity contribution in [3.8, 4) is 6.01 Å². The molecule has 0 amide bonds. The van der Waals surface area contributed by atoms with Gasteiger partial charge in [0.1, 0.15) is 0 Å². The van der Waals surface area contributed by atoms with Gasteiger partial charge in [-0.25, -0.2) is 0 Å². The zero-order chi connectivity index (χ0) is 13.0. The molecule has 1 aromatic rings. The fraction of sp³-hybridized carbons (Fsp3) is 0.750. The van der Waals surface area contributed by atoms with Gasteiger partial charge in [0, 0.05) is 12.6 Å². The topological polar surface area (TPSA) is 72.0 Å². The Labute approximate surface area is 108 Å². The number of methoxy groups -OCH3 is 1. The zero-order valence-electron chi connectivity index (χ0n) is 11.2. The van der Waals surface area contributed by atoms with Gasteiger partial charge in [-0.05, 0) is 25.2 Å². The van der Waals surface area contributed by atoms with Crippen LogP contribution in [0.15, 0.2) is 0 Å². The largest absolute Gasteiger partial charge is 0.467 e. The van der Waals surface area contributed by atoms with Crippen LogP contribution in [-0.2, 0) is 0 Å². The predicted octanol–water partition coefficient (Wildman–Crippen LogP) is 1.91. The summed E-state index contributed by atoms with van der Waals surface area (Å²) in [5, 5.41) is 6.46. The first-order chi connectivity index (χ1) is 8.71. The molecule has 0 saturated heterocycles. The maximum absolute atomic E-state index is 5.09. The summed E-state index contributed by atoms with van der Waals surface area (Å²) < 4.78 is 5.09. The number of rotatable bonds is 6. The molecule has 0 radical (unpaired) electrons. The third-order valence-corrected chi connectivity index (χ3v) is 3.04. The van der Waals surface area contributed by atoms with E-state index in [0.29, 0.717) is 23.9 Å². The minimum atomic E-state index is 0.346. The quantitative estimate of drug-likeness (QED) is 0.804. The second-order valence-electron chi connectivity index (χ2n) is 4.81. The predicted molar refractivity (Wildman–Crippen MR) is 71.0 cm³/mol. The van der Waals surface area contributed by atoms with Crippen LogP contribution in [0.3, 0.4) is 0 Å². The molecule has 0 bridgehead atoms. The molecule has 0 unspecified atom stereocenters. The third-order valence-electron chi connectivity index (χ3n) is 3.04. The van der Waals surface area contributed by atoms with Gasteiger partial charge >= 0.3 is 6.01 Å². The molecule has 1 aromatic heterocycles. The van der Waals surface area contributed by atoms with Crippen molar-refractivity contribution >= 4 is 11.9 Å². The molecule has 1 fully saturated rings. The number of anilines is 2. The van der Waals surface area contributed by atoms with Crippen LogP contribution in [0.25, 0.3) is 0 Å². The lowest BCUT2D eigenvalue weighted by molar-refractivity contribution is 0.307. The van der Waals surface area contributed by atoms with Gasteiger partial charge in [0.25, 0.3) is 0 Å². The van der Waals surface area contributed by atoms with E-state index >= 15 is 0 Å². The van der Waals surface area contributed by atoms with Gasteiger partial charge in [-0.2, -0.15) is 15.0 Å². The maximum Gasteiger partial charge on any atom is 0.322 e. The fourth-order valence-corrected chi connectivity index (χ4v) is 2.03. The van der Waals surface area contributed by atoms with Crippen molar-refractivity contribution in [1.29, 1.82) is 0 Å². The highest BCUT2D eigenvalue weighted by Crippen LogP contribution is 2.28. The highest BCUT2D eigenvalue weighted by atomic mass is 16.5. The molecule has 1 aliphatic carbocycles. The molecule has 1 heterocycles. The Bertz CT molecular complexity index is 392. The van der Waals surface area contributed by atoms with Crippen molar-refractivity contribution in [1.82, 2.24) is 15.0 Å². The fourth-order valence-electron chi connectivity index (χ4n) is 2.03. The summed E-state index contributed by atoms with van der Waals surface area (Å²) >= 11 is 0. The van der Waals surface area contributed by atoms with Gasteiger partial charge in [0.15, 0.2) is 0 Å². The number of hydrogen-bond acceptors (Lipinski definition) is 6. The molecule has 1 saturated carbocycles. The summed E-state index contributed by atoms with van der Waals surface area (Å²) in [5.41, 5.74) is 0. The monoisotopic (exact) mass is 251 g/mol. The molecule has 0 aliphatic heterocycles. The van der Waals surface area contributed by atoms with Crippen molar-refractivity contribution in [2.75, 3.05) is 24.3 Å². The molecule has 6 nitrogen and oxygen atoms in total. The molecule has 1 aliphatic rings. The van der Waals surface area contributed by atoms with E-state index in [1.54, 1.807) is 7.11 Å². The molecular weight excluding hydrogens is 230 g/mol. The smallest absolute Gasteiger partial charge is 0.322 e. The van der Waals surface area contributed by atoms with Crippen molar-refractivity contribution in [2.45, 2.75) is 39.2 Å². The number of ether oxygens (including phenoxy) is 1. The van der Waals surface area contributed by atoms with Crippen LogP contribution in [0.2, 0.25) is 0 Å². The number of nitrogens with zero attached hydrogens (tertiary/aromatic N) is 3. The Morgan fingerprint density at radius 3 is 2.56 bits per heavy atom. The van der Waals surface area contributed by atoms with Crippen molar-refractivity contribution in [3.63, 3.8) is 0 Å². The summed E-state index contributed by atoms with van der Waals surface area (Å²) in [6, 6.07) is 0.824. The lowest BCUT2D eigenvalue weighted by Gasteiger charge is -2.33. The average Bonchev–Trinajstić information content (AvgIpc) is 2.34. The average molecular weight is 251 g/mol. The van der Waals surface area contributed by atoms with E-state index in [-0.39, 0.29) is 0 Å². The molecule has 2 rings (SSSR count). The first-order valence-electron chi connectivity index (χ1n) is 6.51. The minimum absolute atomic E-state index is 0.346. The van der Waals surface area contributed by atoms with Crippen molar-refractivity contribution < 1.29 is 4.74 Å². The molecule has 0 spiro atoms. The van der Waals surface area contributed by atoms with Gasteiger partial charge in [0.2, 0.25) is 11.9 Å². The van der Waals surface area contributed by atoms with Gasteiger partial charge < -0.3 is 15.4 Å². The van der Waals surface area contributed by atoms with Crippen LogP contribution >= 0.6 is 0 Å². The number of hydrogen-bond donors (Lipinski definition) is 2. The maximum atomic E-state index is 5.09. The van der Waals surface area contributed by atoms with Crippen LogP contribution in [0.1, 0.15) is 33.1 Å². The SMILES string of the molecule is CCCNc1nc(NC2CC(C)C2)nc(OC)n1. The molecule has 6 heteroatoms. The van der Waals surface area contributed by atoms with E-state index in [1.807, 2.05) is 0 Å². The Morgan fingerprint density at radius 2 is 1.94 bits per heavy atom.